The topological polar surface area (TPSA) is 0 Å². The number of aryl methyl sites for hydroxylation is 1. The fraction of sp³-hybridized carbons (Fsp3) is 0.571. The molecule has 0 aromatic heterocycles. The quantitative estimate of drug-likeness (QED) is 0.479. The van der Waals surface area contributed by atoms with E-state index in [4.69, 9.17) is 11.6 Å². The van der Waals surface area contributed by atoms with Gasteiger partial charge in [-0.3, -0.25) is 0 Å². The van der Waals surface area contributed by atoms with Gasteiger partial charge in [-0.2, -0.15) is 0 Å². The molecule has 0 nitrogen and oxygen atoms in total. The number of hydrogen-bond acceptors (Lipinski definition) is 0. The van der Waals surface area contributed by atoms with E-state index in [2.05, 4.69) is 31.2 Å². The molecule has 0 heterocycles. The van der Waals surface area contributed by atoms with Crippen molar-refractivity contribution in [1.82, 2.24) is 0 Å². The van der Waals surface area contributed by atoms with E-state index >= 15 is 0 Å². The Bertz CT molecular complexity index is 319. The molecule has 0 spiro atoms. The number of halogens is 1. The van der Waals surface area contributed by atoms with Crippen LogP contribution in [-0.2, 0) is 0 Å². The fourth-order valence-corrected chi connectivity index (χ4v) is 3.03. The highest BCUT2D eigenvalue weighted by Gasteiger charge is 2.23. The molecular formula is C14H19Cl. The smallest absolute Gasteiger partial charge is 0.0404 e. The van der Waals surface area contributed by atoms with Gasteiger partial charge in [-0.15, -0.1) is 11.6 Å². The summed E-state index contributed by atoms with van der Waals surface area (Å²) >= 11 is 6.49. The summed E-state index contributed by atoms with van der Waals surface area (Å²) in [5.74, 6) is 0.579. The van der Waals surface area contributed by atoms with Gasteiger partial charge in [0.15, 0.2) is 0 Å². The van der Waals surface area contributed by atoms with E-state index < -0.39 is 0 Å². The van der Waals surface area contributed by atoms with E-state index in [-0.39, 0.29) is 0 Å². The zero-order valence-electron chi connectivity index (χ0n) is 9.38. The Kier molecular flexibility index (Phi) is 3.69. The number of rotatable bonds is 1. The van der Waals surface area contributed by atoms with Gasteiger partial charge in [0.1, 0.15) is 0 Å². The molecule has 0 radical (unpaired) electrons. The SMILES string of the molecule is Cc1ccccc1C1CCCCCC1Cl. The van der Waals surface area contributed by atoms with E-state index in [0.717, 1.165) is 0 Å². The fourth-order valence-electron chi connectivity index (χ4n) is 2.62. The summed E-state index contributed by atoms with van der Waals surface area (Å²) in [6.45, 7) is 2.20. The number of benzene rings is 1. The molecule has 2 rings (SSSR count). The van der Waals surface area contributed by atoms with Gasteiger partial charge in [0.25, 0.3) is 0 Å². The third-order valence-electron chi connectivity index (χ3n) is 3.52. The summed E-state index contributed by atoms with van der Waals surface area (Å²) in [7, 11) is 0. The molecule has 0 amide bonds. The second-order valence-electron chi connectivity index (χ2n) is 4.62. The van der Waals surface area contributed by atoms with Gasteiger partial charge in [0.05, 0.1) is 0 Å². The van der Waals surface area contributed by atoms with Crippen LogP contribution in [0.1, 0.15) is 49.1 Å². The van der Waals surface area contributed by atoms with Crippen LogP contribution in [0.4, 0.5) is 0 Å². The first-order chi connectivity index (χ1) is 7.29. The zero-order chi connectivity index (χ0) is 10.7. The van der Waals surface area contributed by atoms with Crippen molar-refractivity contribution in [2.75, 3.05) is 0 Å². The lowest BCUT2D eigenvalue weighted by atomic mass is 9.88. The summed E-state index contributed by atoms with van der Waals surface area (Å²) in [4.78, 5) is 0. The molecule has 0 saturated heterocycles. The van der Waals surface area contributed by atoms with Crippen LogP contribution in [-0.4, -0.2) is 5.38 Å². The molecule has 0 bridgehead atoms. The van der Waals surface area contributed by atoms with Crippen molar-refractivity contribution in [1.29, 1.82) is 0 Å². The molecule has 1 saturated carbocycles. The van der Waals surface area contributed by atoms with E-state index in [0.29, 0.717) is 11.3 Å². The number of alkyl halides is 1. The van der Waals surface area contributed by atoms with Gasteiger partial charge in [-0.1, -0.05) is 43.5 Å². The molecule has 1 aliphatic carbocycles. The van der Waals surface area contributed by atoms with Crippen LogP contribution in [0.2, 0.25) is 0 Å². The molecule has 1 fully saturated rings. The van der Waals surface area contributed by atoms with Crippen molar-refractivity contribution in [2.45, 2.75) is 50.3 Å². The van der Waals surface area contributed by atoms with Crippen LogP contribution in [0.5, 0.6) is 0 Å². The largest absolute Gasteiger partial charge is 0.122 e. The molecule has 1 aromatic carbocycles. The molecular weight excluding hydrogens is 204 g/mol. The molecule has 2 unspecified atom stereocenters. The van der Waals surface area contributed by atoms with Crippen molar-refractivity contribution in [3.8, 4) is 0 Å². The Morgan fingerprint density at radius 1 is 1.07 bits per heavy atom. The Morgan fingerprint density at radius 3 is 2.60 bits per heavy atom. The maximum atomic E-state index is 6.49. The highest BCUT2D eigenvalue weighted by Crippen LogP contribution is 2.36. The van der Waals surface area contributed by atoms with Crippen molar-refractivity contribution in [3.05, 3.63) is 35.4 Å². The highest BCUT2D eigenvalue weighted by atomic mass is 35.5. The van der Waals surface area contributed by atoms with Crippen LogP contribution in [0.25, 0.3) is 0 Å². The van der Waals surface area contributed by atoms with Gasteiger partial charge in [0, 0.05) is 11.3 Å². The maximum absolute atomic E-state index is 6.49. The highest BCUT2D eigenvalue weighted by molar-refractivity contribution is 6.21. The van der Waals surface area contributed by atoms with Gasteiger partial charge in [0.2, 0.25) is 0 Å². The van der Waals surface area contributed by atoms with Gasteiger partial charge in [-0.25, -0.2) is 0 Å². The van der Waals surface area contributed by atoms with Crippen molar-refractivity contribution in [3.63, 3.8) is 0 Å². The lowest BCUT2D eigenvalue weighted by molar-refractivity contribution is 0.597. The Labute approximate surface area is 97.6 Å². The zero-order valence-corrected chi connectivity index (χ0v) is 10.1. The minimum Gasteiger partial charge on any atom is -0.122 e. The predicted molar refractivity (Wildman–Crippen MR) is 66.6 cm³/mol. The molecule has 1 heteroatoms. The average Bonchev–Trinajstić information content (AvgIpc) is 2.44. The minimum atomic E-state index is 0.341. The van der Waals surface area contributed by atoms with E-state index in [1.807, 2.05) is 0 Å². The molecule has 0 N–H and O–H groups in total. The van der Waals surface area contributed by atoms with Crippen molar-refractivity contribution in [2.24, 2.45) is 0 Å². The minimum absolute atomic E-state index is 0.341. The predicted octanol–water partition coefficient (Wildman–Crippen LogP) is 4.65. The first kappa shape index (κ1) is 11.0. The van der Waals surface area contributed by atoms with E-state index in [1.54, 1.807) is 0 Å². The van der Waals surface area contributed by atoms with Crippen molar-refractivity contribution >= 4 is 11.6 Å². The third kappa shape index (κ3) is 2.55. The molecule has 82 valence electrons. The van der Waals surface area contributed by atoms with Crippen LogP contribution < -0.4 is 0 Å². The summed E-state index contributed by atoms with van der Waals surface area (Å²) < 4.78 is 0. The Hall–Kier alpha value is -0.490. The normalized spacial score (nSPS) is 27.3. The summed E-state index contributed by atoms with van der Waals surface area (Å²) in [5, 5.41) is 0.341. The monoisotopic (exact) mass is 222 g/mol. The molecule has 15 heavy (non-hydrogen) atoms. The Morgan fingerprint density at radius 2 is 1.80 bits per heavy atom. The molecule has 2 atom stereocenters. The molecule has 1 aromatic rings. The standard InChI is InChI=1S/C14H19Cl/c1-11-7-5-6-8-12(11)13-9-3-2-4-10-14(13)15/h5-8,13-14H,2-4,9-10H2,1H3. The Balaban J connectivity index is 2.24. The first-order valence-electron chi connectivity index (χ1n) is 5.98. The summed E-state index contributed by atoms with van der Waals surface area (Å²) in [6, 6.07) is 8.69. The summed E-state index contributed by atoms with van der Waals surface area (Å²) in [5.41, 5.74) is 2.87. The maximum Gasteiger partial charge on any atom is 0.0404 e. The van der Waals surface area contributed by atoms with E-state index in [1.165, 1.54) is 43.2 Å². The van der Waals surface area contributed by atoms with Gasteiger partial charge in [-0.05, 0) is 30.9 Å². The van der Waals surface area contributed by atoms with Gasteiger partial charge >= 0.3 is 0 Å². The first-order valence-corrected chi connectivity index (χ1v) is 6.42. The van der Waals surface area contributed by atoms with E-state index in [9.17, 15) is 0 Å². The van der Waals surface area contributed by atoms with Crippen molar-refractivity contribution < 1.29 is 0 Å². The summed E-state index contributed by atoms with van der Waals surface area (Å²) in [6.07, 6.45) is 6.43. The van der Waals surface area contributed by atoms with Crippen LogP contribution in [0, 0.1) is 6.92 Å². The lowest BCUT2D eigenvalue weighted by Crippen LogP contribution is -2.12. The van der Waals surface area contributed by atoms with Crippen LogP contribution in [0.15, 0.2) is 24.3 Å². The van der Waals surface area contributed by atoms with Gasteiger partial charge < -0.3 is 0 Å². The number of hydrogen-bond donors (Lipinski definition) is 0. The molecule has 1 aliphatic rings. The lowest BCUT2D eigenvalue weighted by Gasteiger charge is -2.21. The third-order valence-corrected chi connectivity index (χ3v) is 4.04. The average molecular weight is 223 g/mol. The van der Waals surface area contributed by atoms with Crippen LogP contribution >= 0.6 is 11.6 Å². The van der Waals surface area contributed by atoms with Crippen LogP contribution in [0.3, 0.4) is 0 Å². The molecule has 0 aliphatic heterocycles. The second kappa shape index (κ2) is 5.03. The second-order valence-corrected chi connectivity index (χ2v) is 5.18.